The third-order valence-corrected chi connectivity index (χ3v) is 6.51. The molecule has 0 radical (unpaired) electrons. The highest BCUT2D eigenvalue weighted by Gasteiger charge is 2.40. The van der Waals surface area contributed by atoms with E-state index in [1.165, 1.54) is 30.4 Å². The molecular formula is C22H32N2O2S. The normalized spacial score (nSPS) is 24.6. The number of nitrogens with one attached hydrogen (secondary N) is 1. The number of amides is 2. The molecule has 2 N–H and O–H groups in total. The molecule has 1 aromatic rings. The van der Waals surface area contributed by atoms with E-state index in [1.54, 1.807) is 4.90 Å². The highest BCUT2D eigenvalue weighted by Crippen LogP contribution is 2.34. The Morgan fingerprint density at radius 2 is 1.89 bits per heavy atom. The number of aliphatic hydroxyl groups excluding tert-OH is 1. The highest BCUT2D eigenvalue weighted by atomic mass is 32.1. The van der Waals surface area contributed by atoms with Crippen LogP contribution in [0.4, 0.5) is 4.79 Å². The molecule has 1 saturated heterocycles. The molecule has 1 heterocycles. The summed E-state index contributed by atoms with van der Waals surface area (Å²) < 4.78 is 0. The number of hydrogen-bond acceptors (Lipinski definition) is 2. The van der Waals surface area contributed by atoms with Crippen LogP contribution in [-0.4, -0.2) is 39.7 Å². The molecule has 0 bridgehead atoms. The summed E-state index contributed by atoms with van der Waals surface area (Å²) in [4.78, 5) is 14.6. The number of aryl methyl sites for hydroxylation is 1. The third-order valence-electron chi connectivity index (χ3n) is 6.27. The van der Waals surface area contributed by atoms with E-state index in [0.717, 1.165) is 25.7 Å². The van der Waals surface area contributed by atoms with Gasteiger partial charge in [0.05, 0.1) is 0 Å². The Balaban J connectivity index is 1.63. The summed E-state index contributed by atoms with van der Waals surface area (Å²) in [5.74, 6) is 0.574. The van der Waals surface area contributed by atoms with E-state index < -0.39 is 0 Å². The van der Waals surface area contributed by atoms with Crippen LogP contribution in [0.3, 0.4) is 0 Å². The number of urea groups is 1. The summed E-state index contributed by atoms with van der Waals surface area (Å²) in [5.41, 5.74) is 2.56. The molecule has 3 rings (SSSR count). The zero-order valence-corrected chi connectivity index (χ0v) is 17.3. The number of nitrogens with zero attached hydrogens (tertiary/aromatic N) is 1. The fourth-order valence-corrected chi connectivity index (χ4v) is 4.98. The lowest BCUT2D eigenvalue weighted by Crippen LogP contribution is -2.50. The largest absolute Gasteiger partial charge is 0.500 e. The van der Waals surface area contributed by atoms with Gasteiger partial charge >= 0.3 is 6.03 Å². The minimum absolute atomic E-state index is 0.0487. The average Bonchev–Trinajstić information content (AvgIpc) is 3.07. The maximum atomic E-state index is 12.8. The van der Waals surface area contributed by atoms with E-state index in [4.69, 9.17) is 12.2 Å². The first-order valence-corrected chi connectivity index (χ1v) is 10.7. The van der Waals surface area contributed by atoms with Crippen LogP contribution in [0.15, 0.2) is 24.3 Å². The lowest BCUT2D eigenvalue weighted by molar-refractivity contribution is 0.187. The lowest BCUT2D eigenvalue weighted by atomic mass is 9.86. The first-order chi connectivity index (χ1) is 13.0. The van der Waals surface area contributed by atoms with Gasteiger partial charge in [-0.2, -0.15) is 0 Å². The van der Waals surface area contributed by atoms with Crippen LogP contribution in [0.25, 0.3) is 0 Å². The Labute approximate surface area is 168 Å². The first-order valence-electron chi connectivity index (χ1n) is 10.3. The quantitative estimate of drug-likeness (QED) is 0.690. The van der Waals surface area contributed by atoms with Crippen molar-refractivity contribution in [3.05, 3.63) is 35.4 Å². The van der Waals surface area contributed by atoms with Crippen LogP contribution in [0, 0.1) is 12.8 Å². The predicted octanol–water partition coefficient (Wildman–Crippen LogP) is 5.11. The molecule has 2 unspecified atom stereocenters. The molecule has 3 atom stereocenters. The minimum atomic E-state index is -0.350. The highest BCUT2D eigenvalue weighted by molar-refractivity contribution is 7.80. The number of thiocarbonyl (C=S) groups is 1. The molecule has 0 aromatic heterocycles. The van der Waals surface area contributed by atoms with Gasteiger partial charge in [0.2, 0.25) is 0 Å². The van der Waals surface area contributed by atoms with Crippen molar-refractivity contribution in [3.8, 4) is 0 Å². The predicted molar refractivity (Wildman–Crippen MR) is 113 cm³/mol. The smallest absolute Gasteiger partial charge is 0.318 e. The molecule has 1 aromatic carbocycles. The van der Waals surface area contributed by atoms with Crippen LogP contribution in [0.5, 0.6) is 0 Å². The summed E-state index contributed by atoms with van der Waals surface area (Å²) in [6, 6.07) is 8.48. The van der Waals surface area contributed by atoms with Crippen molar-refractivity contribution in [1.82, 2.24) is 10.2 Å². The van der Waals surface area contributed by atoms with Crippen molar-refractivity contribution in [1.29, 1.82) is 0 Å². The maximum Gasteiger partial charge on any atom is 0.318 e. The van der Waals surface area contributed by atoms with Crippen LogP contribution < -0.4 is 5.32 Å². The van der Waals surface area contributed by atoms with Crippen molar-refractivity contribution >= 4 is 23.3 Å². The van der Waals surface area contributed by atoms with Gasteiger partial charge in [0.25, 0.3) is 0 Å². The molecule has 4 nitrogen and oxygen atoms in total. The number of benzene rings is 1. The van der Waals surface area contributed by atoms with Crippen molar-refractivity contribution in [2.24, 2.45) is 5.92 Å². The molecule has 2 fully saturated rings. The summed E-state index contributed by atoms with van der Waals surface area (Å²) >= 11 is 5.15. The Bertz CT molecular complexity index is 655. The molecule has 27 heavy (non-hydrogen) atoms. The number of likely N-dealkylation sites (tertiary alicyclic amines) is 1. The first kappa shape index (κ1) is 20.1. The molecule has 2 aliphatic rings. The van der Waals surface area contributed by atoms with Gasteiger partial charge in [0.1, 0.15) is 6.04 Å². The molecular weight excluding hydrogens is 356 g/mol. The second kappa shape index (κ2) is 9.05. The van der Waals surface area contributed by atoms with E-state index in [0.29, 0.717) is 12.5 Å². The number of rotatable bonds is 5. The van der Waals surface area contributed by atoms with Gasteiger partial charge in [-0.1, -0.05) is 56.0 Å². The molecule has 148 valence electrons. The van der Waals surface area contributed by atoms with Gasteiger partial charge in [-0.25, -0.2) is 4.79 Å². The number of carbonyl (C=O) groups is 1. The van der Waals surface area contributed by atoms with Gasteiger partial charge in [-0.15, -0.1) is 0 Å². The van der Waals surface area contributed by atoms with E-state index in [1.807, 2.05) is 0 Å². The third kappa shape index (κ3) is 5.01. The summed E-state index contributed by atoms with van der Waals surface area (Å²) in [5, 5.41) is 13.3. The molecule has 0 spiro atoms. The molecule has 1 aliphatic heterocycles. The van der Waals surface area contributed by atoms with Gasteiger partial charge in [0.15, 0.2) is 5.05 Å². The summed E-state index contributed by atoms with van der Waals surface area (Å²) in [6.07, 6.45) is 7.55. The van der Waals surface area contributed by atoms with Crippen LogP contribution in [0.1, 0.15) is 68.9 Å². The van der Waals surface area contributed by atoms with Gasteiger partial charge in [-0.3, -0.25) is 0 Å². The Morgan fingerprint density at radius 3 is 2.52 bits per heavy atom. The van der Waals surface area contributed by atoms with E-state index in [-0.39, 0.29) is 29.1 Å². The Hall–Kier alpha value is -1.62. The van der Waals surface area contributed by atoms with Crippen molar-refractivity contribution in [3.63, 3.8) is 0 Å². The SMILES string of the molecule is Cc1ccc([C@@H](C)CC2CCN(C(=O)NC3CCCCC3)C2C(O)=S)cc1. The van der Waals surface area contributed by atoms with E-state index in [9.17, 15) is 9.90 Å². The molecule has 2 amide bonds. The Kier molecular flexibility index (Phi) is 6.74. The zero-order chi connectivity index (χ0) is 19.4. The number of aliphatic hydroxyl groups is 1. The minimum Gasteiger partial charge on any atom is -0.500 e. The van der Waals surface area contributed by atoms with Crippen LogP contribution in [-0.2, 0) is 0 Å². The molecule has 5 heteroatoms. The van der Waals surface area contributed by atoms with Crippen molar-refractivity contribution in [2.45, 2.75) is 76.8 Å². The maximum absolute atomic E-state index is 12.8. The standard InChI is InChI=1S/C22H32N2O2S/c1-15-8-10-17(11-9-15)16(2)14-18-12-13-24(20(18)21(25)27)22(26)23-19-6-4-3-5-7-19/h8-11,16,18-20H,3-7,12-14H2,1-2H3,(H,23,26)(H,25,27)/t16-,18?,20?/m0/s1. The number of hydrogen-bond donors (Lipinski definition) is 2. The monoisotopic (exact) mass is 388 g/mol. The lowest BCUT2D eigenvalue weighted by Gasteiger charge is -2.30. The second-order valence-corrected chi connectivity index (χ2v) is 8.78. The Morgan fingerprint density at radius 1 is 1.22 bits per heavy atom. The van der Waals surface area contributed by atoms with Gasteiger partial charge in [-0.05, 0) is 62.2 Å². The summed E-state index contributed by atoms with van der Waals surface area (Å²) in [7, 11) is 0. The van der Waals surface area contributed by atoms with Crippen LogP contribution in [0.2, 0.25) is 0 Å². The van der Waals surface area contributed by atoms with E-state index >= 15 is 0 Å². The number of carbonyl (C=O) groups excluding carboxylic acids is 1. The summed E-state index contributed by atoms with van der Waals surface area (Å²) in [6.45, 7) is 4.97. The van der Waals surface area contributed by atoms with Crippen molar-refractivity contribution < 1.29 is 9.90 Å². The van der Waals surface area contributed by atoms with Crippen LogP contribution >= 0.6 is 12.2 Å². The molecule has 1 saturated carbocycles. The van der Waals surface area contributed by atoms with E-state index in [2.05, 4.69) is 43.4 Å². The second-order valence-electron chi connectivity index (χ2n) is 8.36. The fourth-order valence-electron chi connectivity index (χ4n) is 4.66. The zero-order valence-electron chi connectivity index (χ0n) is 16.5. The topological polar surface area (TPSA) is 52.6 Å². The molecule has 1 aliphatic carbocycles. The van der Waals surface area contributed by atoms with Gasteiger partial charge < -0.3 is 15.3 Å². The van der Waals surface area contributed by atoms with Crippen molar-refractivity contribution in [2.75, 3.05) is 6.54 Å². The fraction of sp³-hybridized carbons (Fsp3) is 0.636. The average molecular weight is 389 g/mol. The van der Waals surface area contributed by atoms with Gasteiger partial charge in [0, 0.05) is 12.6 Å².